The average Bonchev–Trinajstić information content (AvgIpc) is 3.77. The number of benzene rings is 6. The number of hydrogen-bond acceptors (Lipinski definition) is 4. The molecule has 0 N–H and O–H groups in total. The van der Waals surface area contributed by atoms with Gasteiger partial charge in [-0.1, -0.05) is 164 Å². The van der Waals surface area contributed by atoms with Crippen molar-refractivity contribution in [3.63, 3.8) is 0 Å². The zero-order valence-corrected chi connectivity index (χ0v) is 47.4. The molecule has 0 saturated carbocycles. The molecule has 7 aromatic rings. The van der Waals surface area contributed by atoms with Gasteiger partial charge in [-0.3, -0.25) is 0 Å². The maximum Gasteiger partial charge on any atom is 0.264 e. The van der Waals surface area contributed by atoms with E-state index < -0.39 is 0 Å². The second-order valence-corrected chi connectivity index (χ2v) is 28.9. The molecule has 1 unspecified atom stereocenters. The number of fused-ring (bicyclic) bond motifs is 11. The summed E-state index contributed by atoms with van der Waals surface area (Å²) in [5.41, 5.74) is 26.7. The quantitative estimate of drug-likeness (QED) is 0.163. The molecule has 4 heterocycles. The van der Waals surface area contributed by atoms with Crippen LogP contribution in [0.4, 0.5) is 51.2 Å². The molecule has 3 nitrogen and oxygen atoms in total. The van der Waals surface area contributed by atoms with Gasteiger partial charge in [0.25, 0.3) is 6.71 Å². The van der Waals surface area contributed by atoms with E-state index in [9.17, 15) is 0 Å². The lowest BCUT2D eigenvalue weighted by molar-refractivity contribution is 0.311. The van der Waals surface area contributed by atoms with E-state index in [1.54, 1.807) is 32.7 Å². The zero-order valence-electron chi connectivity index (χ0n) is 46.5. The Morgan fingerprint density at radius 3 is 1.60 bits per heavy atom. The molecule has 1 aromatic heterocycles. The minimum atomic E-state index is -0.162. The SMILES string of the molecule is Cc1cc(C(C)(C)C)ccc1N1c2cc(N(c3ccccc3)c3ccccc3)cc3c2B(c2ccc4c5c2N3c2ccc3c(c2C5(C)CCC4(C)C)C(C)(C)CCC3(C)C)c2sc3c(c21)C(C)(C)CCC3(C)C. The lowest BCUT2D eigenvalue weighted by Crippen LogP contribution is -2.62. The van der Waals surface area contributed by atoms with Crippen molar-refractivity contribution in [3.05, 3.63) is 165 Å². The minimum absolute atomic E-state index is 0.0173. The Hall–Kier alpha value is -5.52. The lowest BCUT2D eigenvalue weighted by atomic mass is 9.35. The van der Waals surface area contributed by atoms with E-state index in [0.717, 1.165) is 30.6 Å². The van der Waals surface area contributed by atoms with Crippen molar-refractivity contribution in [1.82, 2.24) is 0 Å². The number of para-hydroxylation sites is 2. The van der Waals surface area contributed by atoms with E-state index in [4.69, 9.17) is 0 Å². The number of aryl methyl sites for hydroxylation is 1. The number of rotatable bonds is 4. The van der Waals surface area contributed by atoms with Crippen molar-refractivity contribution < 1.29 is 0 Å². The number of hydrogen-bond donors (Lipinski definition) is 0. The van der Waals surface area contributed by atoms with Crippen LogP contribution in [-0.2, 0) is 37.9 Å². The van der Waals surface area contributed by atoms with Crippen LogP contribution in [0.3, 0.4) is 0 Å². The summed E-state index contributed by atoms with van der Waals surface area (Å²) in [6.07, 6.45) is 7.01. The number of anilines is 9. The highest BCUT2D eigenvalue weighted by Gasteiger charge is 2.57. The summed E-state index contributed by atoms with van der Waals surface area (Å²) in [4.78, 5) is 9.74. The van der Waals surface area contributed by atoms with Gasteiger partial charge in [0.2, 0.25) is 0 Å². The second kappa shape index (κ2) is 15.1. The standard InChI is InChI=1S/C68H76BN3S/c1-41-38-42(62(2,3)4)26-30-49(41)71-51-39-45(70(43-22-18-16-19-23-43)44-24-20-17-21-25-44)40-52-57(51)69(61-59(71)56-60(73-61)67(13,14)35-34-66(56,11)12)48-29-27-47-54-58(48)72(52)50-31-28-46-53(65(9,10)33-32-63(46,5)6)55(50)68(54,15)37-36-64(47,7)8/h16-31,38-40H,32-37H2,1-15H3. The van der Waals surface area contributed by atoms with Crippen LogP contribution in [0.25, 0.3) is 0 Å². The first-order valence-electron chi connectivity index (χ1n) is 27.7. The first-order valence-corrected chi connectivity index (χ1v) is 28.5. The van der Waals surface area contributed by atoms with E-state index in [2.05, 4.69) is 245 Å². The van der Waals surface area contributed by atoms with Crippen molar-refractivity contribution in [3.8, 4) is 0 Å². The Balaban J connectivity index is 1.23. The molecule has 0 bridgehead atoms. The summed E-state index contributed by atoms with van der Waals surface area (Å²) in [5.74, 6) is 0. The molecule has 372 valence electrons. The van der Waals surface area contributed by atoms with E-state index in [0.29, 0.717) is 0 Å². The van der Waals surface area contributed by atoms with Crippen molar-refractivity contribution in [2.24, 2.45) is 0 Å². The predicted molar refractivity (Wildman–Crippen MR) is 316 cm³/mol. The molecule has 0 saturated heterocycles. The Bertz CT molecular complexity index is 3430. The minimum Gasteiger partial charge on any atom is -0.311 e. The fourth-order valence-electron chi connectivity index (χ4n) is 15.1. The van der Waals surface area contributed by atoms with Crippen LogP contribution in [0.5, 0.6) is 0 Å². The predicted octanol–water partition coefficient (Wildman–Crippen LogP) is 17.3. The van der Waals surface area contributed by atoms with Crippen LogP contribution in [0, 0.1) is 6.92 Å². The Morgan fingerprint density at radius 2 is 1.00 bits per heavy atom. The largest absolute Gasteiger partial charge is 0.311 e. The molecule has 6 aromatic carbocycles. The van der Waals surface area contributed by atoms with Crippen molar-refractivity contribution in [1.29, 1.82) is 0 Å². The molecule has 6 aliphatic rings. The molecule has 5 heteroatoms. The highest BCUT2D eigenvalue weighted by atomic mass is 32.1. The summed E-state index contributed by atoms with van der Waals surface area (Å²) in [5, 5.41) is 0. The van der Waals surface area contributed by atoms with Gasteiger partial charge in [-0.05, 0) is 182 Å². The maximum atomic E-state index is 2.84. The molecule has 0 fully saturated rings. The highest BCUT2D eigenvalue weighted by Crippen LogP contribution is 2.65. The molecular formula is C68H76BN3S. The second-order valence-electron chi connectivity index (χ2n) is 27.8. The Kier molecular flexibility index (Phi) is 9.76. The van der Waals surface area contributed by atoms with E-state index in [-0.39, 0.29) is 44.6 Å². The van der Waals surface area contributed by atoms with Crippen LogP contribution < -0.4 is 30.4 Å². The molecule has 1 atom stereocenters. The van der Waals surface area contributed by atoms with Crippen LogP contribution >= 0.6 is 11.3 Å². The molecule has 0 amide bonds. The van der Waals surface area contributed by atoms with Gasteiger partial charge < -0.3 is 14.7 Å². The summed E-state index contributed by atoms with van der Waals surface area (Å²) in [6.45, 7) is 37.5. The van der Waals surface area contributed by atoms with Gasteiger partial charge in [-0.15, -0.1) is 0 Å². The van der Waals surface area contributed by atoms with Crippen molar-refractivity contribution in [2.45, 2.75) is 180 Å². The lowest BCUT2D eigenvalue weighted by Gasteiger charge is -2.56. The van der Waals surface area contributed by atoms with Gasteiger partial charge >= 0.3 is 0 Å². The monoisotopic (exact) mass is 978 g/mol. The number of thiophene rings is 1. The average molecular weight is 978 g/mol. The molecule has 73 heavy (non-hydrogen) atoms. The summed E-state index contributed by atoms with van der Waals surface area (Å²) in [7, 11) is 0. The van der Waals surface area contributed by atoms with Crippen LogP contribution in [0.15, 0.2) is 115 Å². The van der Waals surface area contributed by atoms with Crippen LogP contribution in [0.2, 0.25) is 0 Å². The third kappa shape index (κ3) is 6.48. The Labute approximate surface area is 442 Å². The van der Waals surface area contributed by atoms with Gasteiger partial charge in [0.05, 0.1) is 17.1 Å². The van der Waals surface area contributed by atoms with Gasteiger partial charge in [0.15, 0.2) is 0 Å². The van der Waals surface area contributed by atoms with Gasteiger partial charge in [-0.2, -0.15) is 11.3 Å². The maximum absolute atomic E-state index is 2.84. The smallest absolute Gasteiger partial charge is 0.264 e. The first-order chi connectivity index (χ1) is 34.4. The molecule has 0 radical (unpaired) electrons. The Morgan fingerprint density at radius 1 is 0.479 bits per heavy atom. The van der Waals surface area contributed by atoms with E-state index in [1.807, 2.05) is 0 Å². The van der Waals surface area contributed by atoms with Crippen LogP contribution in [-0.4, -0.2) is 6.71 Å². The van der Waals surface area contributed by atoms with Gasteiger partial charge in [-0.25, -0.2) is 0 Å². The highest BCUT2D eigenvalue weighted by molar-refractivity contribution is 7.29. The summed E-state index contributed by atoms with van der Waals surface area (Å²) >= 11 is 2.15. The fourth-order valence-corrected chi connectivity index (χ4v) is 16.9. The van der Waals surface area contributed by atoms with E-state index >= 15 is 0 Å². The van der Waals surface area contributed by atoms with Crippen molar-refractivity contribution in [2.75, 3.05) is 14.7 Å². The molecule has 3 aliphatic carbocycles. The first kappa shape index (κ1) is 47.2. The zero-order chi connectivity index (χ0) is 51.3. The third-order valence-electron chi connectivity index (χ3n) is 19.6. The van der Waals surface area contributed by atoms with Crippen LogP contribution in [0.1, 0.15) is 185 Å². The van der Waals surface area contributed by atoms with Gasteiger partial charge in [0.1, 0.15) is 0 Å². The third-order valence-corrected chi connectivity index (χ3v) is 21.2. The molecular weight excluding hydrogens is 902 g/mol. The topological polar surface area (TPSA) is 9.72 Å². The summed E-state index contributed by atoms with van der Waals surface area (Å²) in [6, 6.07) is 45.2. The normalized spacial score (nSPS) is 21.5. The van der Waals surface area contributed by atoms with Gasteiger partial charge in [0, 0.05) is 49.2 Å². The van der Waals surface area contributed by atoms with Crippen molar-refractivity contribution >= 4 is 84.9 Å². The summed E-state index contributed by atoms with van der Waals surface area (Å²) < 4.78 is 1.52. The fraction of sp³-hybridized carbons (Fsp3) is 0.412. The molecule has 13 rings (SSSR count). The molecule has 0 spiro atoms. The molecule has 3 aliphatic heterocycles. The van der Waals surface area contributed by atoms with E-state index in [1.165, 1.54) is 91.5 Å². The number of nitrogens with zero attached hydrogens (tertiary/aromatic N) is 3.